The topological polar surface area (TPSA) is 96.2 Å². The summed E-state index contributed by atoms with van der Waals surface area (Å²) in [5, 5.41) is 6.07. The van der Waals surface area contributed by atoms with Crippen molar-refractivity contribution in [2.45, 2.75) is 25.3 Å². The lowest BCUT2D eigenvalue weighted by Gasteiger charge is -2.23. The predicted octanol–water partition coefficient (Wildman–Crippen LogP) is -1.52. The van der Waals surface area contributed by atoms with E-state index in [0.717, 1.165) is 32.4 Å². The second kappa shape index (κ2) is 3.68. The van der Waals surface area contributed by atoms with Gasteiger partial charge in [0.05, 0.1) is 6.04 Å². The number of nitrogens with one attached hydrogen (secondary N) is 3. The molecule has 3 aliphatic rings. The molecule has 5 N–H and O–H groups in total. The van der Waals surface area contributed by atoms with Crippen LogP contribution in [0, 0.1) is 17.3 Å². The summed E-state index contributed by atoms with van der Waals surface area (Å²) in [5.41, 5.74) is 2.20. The highest BCUT2D eigenvalue weighted by Crippen LogP contribution is 2.62. The SMILES string of the molecule is NNC(=O)C1NCC2CC21C[C@H]1CCNC1=O. The Bertz CT molecular complexity index is 372. The number of carbonyl (C=O) groups excluding carboxylic acids is 2. The molecule has 0 spiro atoms. The summed E-state index contributed by atoms with van der Waals surface area (Å²) in [6.07, 6.45) is 2.75. The molecule has 0 aromatic rings. The highest BCUT2D eigenvalue weighted by Gasteiger charge is 2.65. The molecule has 0 aromatic heterocycles. The third kappa shape index (κ3) is 1.55. The van der Waals surface area contributed by atoms with Gasteiger partial charge in [-0.1, -0.05) is 0 Å². The Morgan fingerprint density at radius 2 is 2.41 bits per heavy atom. The maximum Gasteiger partial charge on any atom is 0.251 e. The van der Waals surface area contributed by atoms with Crippen molar-refractivity contribution in [2.75, 3.05) is 13.1 Å². The third-order valence-electron chi connectivity index (χ3n) is 4.62. The Morgan fingerprint density at radius 3 is 3.00 bits per heavy atom. The summed E-state index contributed by atoms with van der Waals surface area (Å²) < 4.78 is 0. The zero-order valence-electron chi connectivity index (χ0n) is 9.66. The first kappa shape index (κ1) is 11.0. The smallest absolute Gasteiger partial charge is 0.251 e. The maximum absolute atomic E-state index is 11.7. The van der Waals surface area contributed by atoms with Gasteiger partial charge in [-0.15, -0.1) is 0 Å². The van der Waals surface area contributed by atoms with E-state index in [1.807, 2.05) is 0 Å². The standard InChI is InChI=1S/C11H18N4O2/c12-15-10(17)8-11(4-7(11)5-14-8)3-6-1-2-13-9(6)16/h6-8,14H,1-5,12H2,(H,13,16)(H,15,17)/t6-,7?,8?,11?/m1/s1. The van der Waals surface area contributed by atoms with Gasteiger partial charge in [0.2, 0.25) is 5.91 Å². The molecule has 1 saturated carbocycles. The van der Waals surface area contributed by atoms with Crippen LogP contribution in [0.25, 0.3) is 0 Å². The zero-order chi connectivity index (χ0) is 12.0. The summed E-state index contributed by atoms with van der Waals surface area (Å²) in [7, 11) is 0. The van der Waals surface area contributed by atoms with Crippen LogP contribution >= 0.6 is 0 Å². The van der Waals surface area contributed by atoms with Crippen LogP contribution in [0.15, 0.2) is 0 Å². The molecule has 3 fully saturated rings. The largest absolute Gasteiger partial charge is 0.356 e. The second-order valence-corrected chi connectivity index (χ2v) is 5.46. The lowest BCUT2D eigenvalue weighted by atomic mass is 9.84. The fourth-order valence-electron chi connectivity index (χ4n) is 3.60. The summed E-state index contributed by atoms with van der Waals surface area (Å²) in [4.78, 5) is 23.3. The van der Waals surface area contributed by atoms with Gasteiger partial charge >= 0.3 is 0 Å². The van der Waals surface area contributed by atoms with Gasteiger partial charge in [-0.2, -0.15) is 0 Å². The Balaban J connectivity index is 1.73. The molecule has 0 radical (unpaired) electrons. The number of amides is 2. The van der Waals surface area contributed by atoms with E-state index in [2.05, 4.69) is 16.1 Å². The van der Waals surface area contributed by atoms with Gasteiger partial charge < -0.3 is 10.6 Å². The molecule has 3 rings (SSSR count). The van der Waals surface area contributed by atoms with Crippen molar-refractivity contribution in [3.8, 4) is 0 Å². The maximum atomic E-state index is 11.7. The minimum Gasteiger partial charge on any atom is -0.356 e. The fourth-order valence-corrected chi connectivity index (χ4v) is 3.60. The van der Waals surface area contributed by atoms with Crippen LogP contribution in [-0.2, 0) is 9.59 Å². The number of fused-ring (bicyclic) bond motifs is 1. The first-order chi connectivity index (χ1) is 8.17. The highest BCUT2D eigenvalue weighted by atomic mass is 16.2. The van der Waals surface area contributed by atoms with Crippen molar-refractivity contribution < 1.29 is 9.59 Å². The lowest BCUT2D eigenvalue weighted by Crippen LogP contribution is -2.49. The molecule has 4 atom stereocenters. The average Bonchev–Trinajstić information content (AvgIpc) is 2.68. The van der Waals surface area contributed by atoms with Crippen LogP contribution in [-0.4, -0.2) is 30.9 Å². The van der Waals surface area contributed by atoms with E-state index in [1.54, 1.807) is 0 Å². The molecule has 2 amide bonds. The fraction of sp³-hybridized carbons (Fsp3) is 0.818. The molecule has 6 heteroatoms. The molecule has 2 saturated heterocycles. The Morgan fingerprint density at radius 1 is 1.59 bits per heavy atom. The zero-order valence-corrected chi connectivity index (χ0v) is 9.66. The first-order valence-corrected chi connectivity index (χ1v) is 6.19. The lowest BCUT2D eigenvalue weighted by molar-refractivity contribution is -0.126. The van der Waals surface area contributed by atoms with Crippen LogP contribution in [0.1, 0.15) is 19.3 Å². The molecule has 2 heterocycles. The van der Waals surface area contributed by atoms with E-state index in [-0.39, 0.29) is 29.2 Å². The molecule has 94 valence electrons. The van der Waals surface area contributed by atoms with Gasteiger partial charge in [0.15, 0.2) is 0 Å². The molecule has 6 nitrogen and oxygen atoms in total. The number of hydrazine groups is 1. The van der Waals surface area contributed by atoms with E-state index in [4.69, 9.17) is 5.84 Å². The average molecular weight is 238 g/mol. The number of hydrogen-bond donors (Lipinski definition) is 4. The minimum absolute atomic E-state index is 0.0181. The summed E-state index contributed by atoms with van der Waals surface area (Å²) in [5.74, 6) is 5.82. The molecular weight excluding hydrogens is 220 g/mol. The highest BCUT2D eigenvalue weighted by molar-refractivity contribution is 5.84. The molecule has 17 heavy (non-hydrogen) atoms. The monoisotopic (exact) mass is 238 g/mol. The van der Waals surface area contributed by atoms with Crippen molar-refractivity contribution in [3.05, 3.63) is 0 Å². The van der Waals surface area contributed by atoms with Crippen molar-refractivity contribution in [1.82, 2.24) is 16.1 Å². The summed E-state index contributed by atoms with van der Waals surface area (Å²) in [6, 6.07) is -0.217. The molecule has 2 aliphatic heterocycles. The van der Waals surface area contributed by atoms with E-state index >= 15 is 0 Å². The van der Waals surface area contributed by atoms with Gasteiger partial charge in [-0.25, -0.2) is 5.84 Å². The van der Waals surface area contributed by atoms with E-state index < -0.39 is 0 Å². The summed E-state index contributed by atoms with van der Waals surface area (Å²) in [6.45, 7) is 1.64. The van der Waals surface area contributed by atoms with Crippen LogP contribution in [0.2, 0.25) is 0 Å². The van der Waals surface area contributed by atoms with Crippen LogP contribution in [0.4, 0.5) is 0 Å². The van der Waals surface area contributed by atoms with E-state index in [9.17, 15) is 9.59 Å². The number of piperidine rings is 1. The quantitative estimate of drug-likeness (QED) is 0.273. The normalized spacial score (nSPS) is 43.1. The van der Waals surface area contributed by atoms with E-state index in [1.165, 1.54) is 0 Å². The molecule has 0 aromatic carbocycles. The second-order valence-electron chi connectivity index (χ2n) is 5.46. The predicted molar refractivity (Wildman–Crippen MR) is 60.4 cm³/mol. The van der Waals surface area contributed by atoms with Gasteiger partial charge in [0.25, 0.3) is 5.91 Å². The third-order valence-corrected chi connectivity index (χ3v) is 4.62. The number of hydrogen-bond acceptors (Lipinski definition) is 4. The number of carbonyl (C=O) groups is 2. The van der Waals surface area contributed by atoms with Crippen molar-refractivity contribution in [2.24, 2.45) is 23.1 Å². The van der Waals surface area contributed by atoms with Crippen LogP contribution in [0.3, 0.4) is 0 Å². The first-order valence-electron chi connectivity index (χ1n) is 6.19. The Kier molecular flexibility index (Phi) is 2.38. The van der Waals surface area contributed by atoms with Gasteiger partial charge in [0, 0.05) is 12.5 Å². The molecule has 1 aliphatic carbocycles. The van der Waals surface area contributed by atoms with Crippen molar-refractivity contribution in [1.29, 1.82) is 0 Å². The van der Waals surface area contributed by atoms with Gasteiger partial charge in [0.1, 0.15) is 0 Å². The molecule has 0 bridgehead atoms. The Hall–Kier alpha value is -1.14. The van der Waals surface area contributed by atoms with Gasteiger partial charge in [-0.3, -0.25) is 15.0 Å². The van der Waals surface area contributed by atoms with Crippen LogP contribution < -0.4 is 21.9 Å². The Labute approximate surface area is 99.7 Å². The number of nitrogens with two attached hydrogens (primary N) is 1. The van der Waals surface area contributed by atoms with E-state index in [0.29, 0.717) is 5.92 Å². The molecule has 3 unspecified atom stereocenters. The molecular formula is C11H18N4O2. The van der Waals surface area contributed by atoms with Crippen LogP contribution in [0.5, 0.6) is 0 Å². The van der Waals surface area contributed by atoms with Crippen molar-refractivity contribution in [3.63, 3.8) is 0 Å². The number of rotatable bonds is 3. The minimum atomic E-state index is -0.217. The van der Waals surface area contributed by atoms with Crippen molar-refractivity contribution >= 4 is 11.8 Å². The summed E-state index contributed by atoms with van der Waals surface area (Å²) >= 11 is 0. The van der Waals surface area contributed by atoms with Gasteiger partial charge in [-0.05, 0) is 37.1 Å².